The van der Waals surface area contributed by atoms with Crippen LogP contribution in [0.5, 0.6) is 0 Å². The van der Waals surface area contributed by atoms with Crippen LogP contribution >= 0.6 is 11.6 Å². The van der Waals surface area contributed by atoms with Crippen molar-refractivity contribution in [1.29, 1.82) is 0 Å². The Morgan fingerprint density at radius 2 is 2.06 bits per heavy atom. The van der Waals surface area contributed by atoms with Crippen LogP contribution in [0.2, 0.25) is 5.02 Å². The summed E-state index contributed by atoms with van der Waals surface area (Å²) in [5.74, 6) is 0.744. The van der Waals surface area contributed by atoms with Gasteiger partial charge in [0.05, 0.1) is 0 Å². The van der Waals surface area contributed by atoms with Crippen LogP contribution in [0.15, 0.2) is 18.2 Å². The molecule has 2 nitrogen and oxygen atoms in total. The van der Waals surface area contributed by atoms with Gasteiger partial charge in [-0.2, -0.15) is 0 Å². The number of benzene rings is 1. The zero-order valence-electron chi connectivity index (χ0n) is 11.3. The van der Waals surface area contributed by atoms with Crippen LogP contribution in [0.3, 0.4) is 0 Å². The minimum absolute atomic E-state index is 0.567. The fourth-order valence-corrected chi connectivity index (χ4v) is 3.26. The zero-order valence-corrected chi connectivity index (χ0v) is 12.1. The molecule has 0 bridgehead atoms. The SMILES string of the molecule is CC1CCCCC1N(C)c1cc(Cl)ccc1CN. The third-order valence-electron chi connectivity index (χ3n) is 4.21. The maximum atomic E-state index is 6.13. The van der Waals surface area contributed by atoms with E-state index in [1.807, 2.05) is 18.2 Å². The number of rotatable bonds is 3. The Morgan fingerprint density at radius 3 is 2.72 bits per heavy atom. The van der Waals surface area contributed by atoms with Gasteiger partial charge < -0.3 is 10.6 Å². The van der Waals surface area contributed by atoms with Crippen molar-refractivity contribution >= 4 is 17.3 Å². The van der Waals surface area contributed by atoms with Crippen molar-refractivity contribution < 1.29 is 0 Å². The fourth-order valence-electron chi connectivity index (χ4n) is 3.09. The van der Waals surface area contributed by atoms with Crippen LogP contribution in [-0.4, -0.2) is 13.1 Å². The van der Waals surface area contributed by atoms with E-state index in [0.717, 1.165) is 10.9 Å². The maximum Gasteiger partial charge on any atom is 0.0426 e. The van der Waals surface area contributed by atoms with E-state index in [-0.39, 0.29) is 0 Å². The first-order chi connectivity index (χ1) is 8.63. The normalized spacial score (nSPS) is 24.0. The van der Waals surface area contributed by atoms with Crippen molar-refractivity contribution in [3.63, 3.8) is 0 Å². The average Bonchev–Trinajstić information content (AvgIpc) is 2.38. The molecule has 0 amide bonds. The molecule has 2 N–H and O–H groups in total. The molecule has 1 aliphatic rings. The highest BCUT2D eigenvalue weighted by Gasteiger charge is 2.26. The molecule has 1 fully saturated rings. The van der Waals surface area contributed by atoms with Gasteiger partial charge in [0, 0.05) is 30.3 Å². The number of nitrogens with zero attached hydrogens (tertiary/aromatic N) is 1. The lowest BCUT2D eigenvalue weighted by molar-refractivity contribution is 0.321. The number of nitrogens with two attached hydrogens (primary N) is 1. The standard InChI is InChI=1S/C15H23ClN2/c1-11-5-3-4-6-14(11)18(2)15-9-13(16)8-7-12(15)10-17/h7-9,11,14H,3-6,10,17H2,1-2H3. The second-order valence-electron chi connectivity index (χ2n) is 5.42. The van der Waals surface area contributed by atoms with Gasteiger partial charge in [0.25, 0.3) is 0 Å². The van der Waals surface area contributed by atoms with Crippen molar-refractivity contribution in [3.05, 3.63) is 28.8 Å². The number of hydrogen-bond acceptors (Lipinski definition) is 2. The van der Waals surface area contributed by atoms with E-state index in [9.17, 15) is 0 Å². The summed E-state index contributed by atoms with van der Waals surface area (Å²) in [7, 11) is 2.18. The monoisotopic (exact) mass is 266 g/mol. The highest BCUT2D eigenvalue weighted by molar-refractivity contribution is 6.30. The van der Waals surface area contributed by atoms with Gasteiger partial charge in [0.1, 0.15) is 0 Å². The van der Waals surface area contributed by atoms with E-state index < -0.39 is 0 Å². The summed E-state index contributed by atoms with van der Waals surface area (Å²) < 4.78 is 0. The molecular formula is C15H23ClN2. The molecule has 0 saturated heterocycles. The summed E-state index contributed by atoms with van der Waals surface area (Å²) in [6.07, 6.45) is 5.30. The molecule has 1 aliphatic carbocycles. The molecule has 2 rings (SSSR count). The molecule has 18 heavy (non-hydrogen) atoms. The number of hydrogen-bond donors (Lipinski definition) is 1. The fraction of sp³-hybridized carbons (Fsp3) is 0.600. The molecule has 2 atom stereocenters. The van der Waals surface area contributed by atoms with Crippen LogP contribution in [0, 0.1) is 5.92 Å². The molecule has 0 aliphatic heterocycles. The van der Waals surface area contributed by atoms with Gasteiger partial charge in [-0.1, -0.05) is 37.4 Å². The second kappa shape index (κ2) is 5.94. The summed E-state index contributed by atoms with van der Waals surface area (Å²) in [5.41, 5.74) is 8.21. The Hall–Kier alpha value is -0.730. The summed E-state index contributed by atoms with van der Waals surface area (Å²) in [6, 6.07) is 6.63. The van der Waals surface area contributed by atoms with Crippen molar-refractivity contribution in [2.75, 3.05) is 11.9 Å². The van der Waals surface area contributed by atoms with Gasteiger partial charge in [-0.05, 0) is 36.5 Å². The molecule has 0 aromatic heterocycles. The van der Waals surface area contributed by atoms with Crippen molar-refractivity contribution in [2.24, 2.45) is 11.7 Å². The number of anilines is 1. The molecule has 100 valence electrons. The van der Waals surface area contributed by atoms with Gasteiger partial charge in [-0.15, -0.1) is 0 Å². The molecule has 1 aromatic carbocycles. The van der Waals surface area contributed by atoms with Crippen LogP contribution in [0.1, 0.15) is 38.2 Å². The molecular weight excluding hydrogens is 244 g/mol. The maximum absolute atomic E-state index is 6.13. The first-order valence-corrected chi connectivity index (χ1v) is 7.22. The highest BCUT2D eigenvalue weighted by Crippen LogP contribution is 2.33. The van der Waals surface area contributed by atoms with Crippen LogP contribution in [0.25, 0.3) is 0 Å². The molecule has 1 aromatic rings. The van der Waals surface area contributed by atoms with Crippen molar-refractivity contribution in [1.82, 2.24) is 0 Å². The Bertz CT molecular complexity index is 405. The van der Waals surface area contributed by atoms with Gasteiger partial charge in [-0.3, -0.25) is 0 Å². The van der Waals surface area contributed by atoms with Gasteiger partial charge in [0.2, 0.25) is 0 Å². The number of halogens is 1. The van der Waals surface area contributed by atoms with E-state index in [1.165, 1.54) is 36.9 Å². The quantitative estimate of drug-likeness (QED) is 0.901. The largest absolute Gasteiger partial charge is 0.371 e. The zero-order chi connectivity index (χ0) is 13.1. The molecule has 0 spiro atoms. The lowest BCUT2D eigenvalue weighted by Gasteiger charge is -2.38. The Balaban J connectivity index is 2.26. The second-order valence-corrected chi connectivity index (χ2v) is 5.85. The Labute approximate surface area is 115 Å². The molecule has 0 radical (unpaired) electrons. The van der Waals surface area contributed by atoms with Crippen LogP contribution < -0.4 is 10.6 Å². The highest BCUT2D eigenvalue weighted by atomic mass is 35.5. The summed E-state index contributed by atoms with van der Waals surface area (Å²) in [5, 5.41) is 0.789. The van der Waals surface area contributed by atoms with Gasteiger partial charge in [0.15, 0.2) is 0 Å². The molecule has 3 heteroatoms. The molecule has 1 saturated carbocycles. The first kappa shape index (κ1) is 13.7. The lowest BCUT2D eigenvalue weighted by atomic mass is 9.84. The van der Waals surface area contributed by atoms with Crippen molar-refractivity contribution in [3.8, 4) is 0 Å². The molecule has 0 heterocycles. The Kier molecular flexibility index (Phi) is 4.52. The third-order valence-corrected chi connectivity index (χ3v) is 4.45. The van der Waals surface area contributed by atoms with E-state index in [1.54, 1.807) is 0 Å². The first-order valence-electron chi connectivity index (χ1n) is 6.85. The predicted octanol–water partition coefficient (Wildman–Crippen LogP) is 3.81. The summed E-state index contributed by atoms with van der Waals surface area (Å²) >= 11 is 6.13. The third kappa shape index (κ3) is 2.81. The molecule has 2 unspecified atom stereocenters. The minimum atomic E-state index is 0.567. The van der Waals surface area contributed by atoms with Crippen molar-refractivity contribution in [2.45, 2.75) is 45.2 Å². The topological polar surface area (TPSA) is 29.3 Å². The van der Waals surface area contributed by atoms with Gasteiger partial charge in [-0.25, -0.2) is 0 Å². The predicted molar refractivity (Wildman–Crippen MR) is 79.2 cm³/mol. The lowest BCUT2D eigenvalue weighted by Crippen LogP contribution is -2.39. The smallest absolute Gasteiger partial charge is 0.0426 e. The summed E-state index contributed by atoms with van der Waals surface area (Å²) in [4.78, 5) is 2.39. The summed E-state index contributed by atoms with van der Waals surface area (Å²) in [6.45, 7) is 2.92. The average molecular weight is 267 g/mol. The minimum Gasteiger partial charge on any atom is -0.371 e. The van der Waals surface area contributed by atoms with E-state index >= 15 is 0 Å². The van der Waals surface area contributed by atoms with E-state index in [0.29, 0.717) is 12.6 Å². The van der Waals surface area contributed by atoms with E-state index in [4.69, 9.17) is 17.3 Å². The van der Waals surface area contributed by atoms with Crippen LogP contribution in [-0.2, 0) is 6.54 Å². The Morgan fingerprint density at radius 1 is 1.33 bits per heavy atom. The van der Waals surface area contributed by atoms with Crippen LogP contribution in [0.4, 0.5) is 5.69 Å². The van der Waals surface area contributed by atoms with Gasteiger partial charge >= 0.3 is 0 Å². The van der Waals surface area contributed by atoms with E-state index in [2.05, 4.69) is 18.9 Å².